The zero-order chi connectivity index (χ0) is 9.84. The van der Waals surface area contributed by atoms with Crippen molar-refractivity contribution in [3.05, 3.63) is 17.3 Å². The average Bonchev–Trinajstić information content (AvgIpc) is 2.09. The standard InChI is InChI=1S/C9H14ClN3/c1-3-6-13(2)9-7(11)4-5-8(10)12-9/h4-5H,3,6,11H2,1-2H3. The van der Waals surface area contributed by atoms with Gasteiger partial charge in [-0.05, 0) is 18.6 Å². The number of anilines is 2. The van der Waals surface area contributed by atoms with Crippen LogP contribution < -0.4 is 10.6 Å². The fourth-order valence-corrected chi connectivity index (χ4v) is 1.33. The number of nitrogens with zero attached hydrogens (tertiary/aromatic N) is 2. The summed E-state index contributed by atoms with van der Waals surface area (Å²) >= 11 is 5.77. The molecule has 0 unspecified atom stereocenters. The van der Waals surface area contributed by atoms with Gasteiger partial charge in [-0.15, -0.1) is 0 Å². The number of aromatic nitrogens is 1. The Labute approximate surface area is 83.5 Å². The number of hydrogen-bond acceptors (Lipinski definition) is 3. The van der Waals surface area contributed by atoms with Crippen molar-refractivity contribution in [3.8, 4) is 0 Å². The van der Waals surface area contributed by atoms with E-state index in [9.17, 15) is 0 Å². The molecule has 13 heavy (non-hydrogen) atoms. The monoisotopic (exact) mass is 199 g/mol. The number of nitrogens with two attached hydrogens (primary N) is 1. The first-order chi connectivity index (χ1) is 6.15. The highest BCUT2D eigenvalue weighted by Crippen LogP contribution is 2.21. The molecular formula is C9H14ClN3. The summed E-state index contributed by atoms with van der Waals surface area (Å²) in [5, 5.41) is 0.479. The minimum absolute atomic E-state index is 0.479. The molecule has 0 atom stereocenters. The molecule has 0 bridgehead atoms. The lowest BCUT2D eigenvalue weighted by atomic mass is 10.3. The topological polar surface area (TPSA) is 42.2 Å². The zero-order valence-electron chi connectivity index (χ0n) is 7.92. The summed E-state index contributed by atoms with van der Waals surface area (Å²) in [7, 11) is 1.96. The second-order valence-electron chi connectivity index (χ2n) is 2.97. The Morgan fingerprint density at radius 3 is 2.85 bits per heavy atom. The van der Waals surface area contributed by atoms with Crippen LogP contribution in [0.5, 0.6) is 0 Å². The quantitative estimate of drug-likeness (QED) is 0.759. The van der Waals surface area contributed by atoms with E-state index in [0.717, 1.165) is 18.8 Å². The van der Waals surface area contributed by atoms with Crippen molar-refractivity contribution < 1.29 is 0 Å². The Bertz CT molecular complexity index is 288. The highest BCUT2D eigenvalue weighted by molar-refractivity contribution is 6.29. The van der Waals surface area contributed by atoms with Gasteiger partial charge in [0.05, 0.1) is 5.69 Å². The Balaban J connectivity index is 2.91. The van der Waals surface area contributed by atoms with Crippen LogP contribution in [-0.4, -0.2) is 18.6 Å². The maximum absolute atomic E-state index is 5.77. The summed E-state index contributed by atoms with van der Waals surface area (Å²) in [5.41, 5.74) is 6.42. The first-order valence-electron chi connectivity index (χ1n) is 4.28. The van der Waals surface area contributed by atoms with E-state index >= 15 is 0 Å². The molecule has 72 valence electrons. The van der Waals surface area contributed by atoms with Crippen molar-refractivity contribution in [2.45, 2.75) is 13.3 Å². The van der Waals surface area contributed by atoms with Crippen LogP contribution in [0.25, 0.3) is 0 Å². The Hall–Kier alpha value is -0.960. The molecule has 2 N–H and O–H groups in total. The Kier molecular flexibility index (Phi) is 3.37. The number of halogens is 1. The molecule has 0 saturated carbocycles. The van der Waals surface area contributed by atoms with E-state index in [-0.39, 0.29) is 0 Å². The molecule has 1 rings (SSSR count). The van der Waals surface area contributed by atoms with E-state index < -0.39 is 0 Å². The van der Waals surface area contributed by atoms with Crippen molar-refractivity contribution >= 4 is 23.1 Å². The lowest BCUT2D eigenvalue weighted by molar-refractivity contribution is 0.839. The molecule has 4 heteroatoms. The summed E-state index contributed by atoms with van der Waals surface area (Å²) in [5.74, 6) is 0.759. The summed E-state index contributed by atoms with van der Waals surface area (Å²) < 4.78 is 0. The van der Waals surface area contributed by atoms with E-state index in [2.05, 4.69) is 11.9 Å². The molecular weight excluding hydrogens is 186 g/mol. The van der Waals surface area contributed by atoms with Gasteiger partial charge in [-0.1, -0.05) is 18.5 Å². The maximum Gasteiger partial charge on any atom is 0.153 e. The van der Waals surface area contributed by atoms with E-state index in [1.807, 2.05) is 11.9 Å². The summed E-state index contributed by atoms with van der Waals surface area (Å²) in [6.07, 6.45) is 1.06. The largest absolute Gasteiger partial charge is 0.396 e. The minimum atomic E-state index is 0.479. The number of rotatable bonds is 3. The van der Waals surface area contributed by atoms with Crippen LogP contribution in [-0.2, 0) is 0 Å². The van der Waals surface area contributed by atoms with Gasteiger partial charge in [0.15, 0.2) is 5.82 Å². The van der Waals surface area contributed by atoms with Crippen LogP contribution in [0.15, 0.2) is 12.1 Å². The first-order valence-corrected chi connectivity index (χ1v) is 4.66. The predicted octanol–water partition coefficient (Wildman–Crippen LogP) is 2.16. The van der Waals surface area contributed by atoms with Crippen LogP contribution in [0.1, 0.15) is 13.3 Å². The predicted molar refractivity (Wildman–Crippen MR) is 57.2 cm³/mol. The number of nitrogen functional groups attached to an aromatic ring is 1. The minimum Gasteiger partial charge on any atom is -0.396 e. The summed E-state index contributed by atoms with van der Waals surface area (Å²) in [6.45, 7) is 3.04. The van der Waals surface area contributed by atoms with Gasteiger partial charge >= 0.3 is 0 Å². The molecule has 1 aromatic heterocycles. The molecule has 0 spiro atoms. The van der Waals surface area contributed by atoms with Crippen LogP contribution in [0.3, 0.4) is 0 Å². The van der Waals surface area contributed by atoms with E-state index in [1.165, 1.54) is 0 Å². The third-order valence-electron chi connectivity index (χ3n) is 1.79. The van der Waals surface area contributed by atoms with Gasteiger partial charge in [0.1, 0.15) is 5.15 Å². The first kappa shape index (κ1) is 10.1. The summed E-state index contributed by atoms with van der Waals surface area (Å²) in [4.78, 5) is 6.16. The molecule has 1 aromatic rings. The van der Waals surface area contributed by atoms with Gasteiger partial charge in [-0.2, -0.15) is 0 Å². The molecule has 0 aliphatic heterocycles. The van der Waals surface area contributed by atoms with Crippen molar-refractivity contribution in [3.63, 3.8) is 0 Å². The van der Waals surface area contributed by atoms with E-state index in [4.69, 9.17) is 17.3 Å². The van der Waals surface area contributed by atoms with Crippen LogP contribution in [0, 0.1) is 0 Å². The Morgan fingerprint density at radius 1 is 1.54 bits per heavy atom. The van der Waals surface area contributed by atoms with E-state index in [0.29, 0.717) is 10.8 Å². The molecule has 0 aliphatic rings. The lowest BCUT2D eigenvalue weighted by Gasteiger charge is -2.18. The maximum atomic E-state index is 5.77. The SMILES string of the molecule is CCCN(C)c1nc(Cl)ccc1N. The zero-order valence-corrected chi connectivity index (χ0v) is 8.67. The van der Waals surface area contributed by atoms with Gasteiger partial charge in [-0.3, -0.25) is 0 Å². The molecule has 0 aliphatic carbocycles. The van der Waals surface area contributed by atoms with Crippen molar-refractivity contribution in [1.82, 2.24) is 4.98 Å². The summed E-state index contributed by atoms with van der Waals surface area (Å²) in [6, 6.07) is 3.47. The van der Waals surface area contributed by atoms with Gasteiger partial charge < -0.3 is 10.6 Å². The highest BCUT2D eigenvalue weighted by Gasteiger charge is 2.06. The van der Waals surface area contributed by atoms with Gasteiger partial charge in [-0.25, -0.2) is 4.98 Å². The molecule has 0 amide bonds. The van der Waals surface area contributed by atoms with E-state index in [1.54, 1.807) is 12.1 Å². The van der Waals surface area contributed by atoms with Crippen molar-refractivity contribution in [2.75, 3.05) is 24.2 Å². The lowest BCUT2D eigenvalue weighted by Crippen LogP contribution is -2.20. The van der Waals surface area contributed by atoms with Crippen molar-refractivity contribution in [2.24, 2.45) is 0 Å². The smallest absolute Gasteiger partial charge is 0.153 e. The fraction of sp³-hybridized carbons (Fsp3) is 0.444. The molecule has 1 heterocycles. The third-order valence-corrected chi connectivity index (χ3v) is 2.00. The molecule has 0 radical (unpaired) electrons. The molecule has 0 saturated heterocycles. The second kappa shape index (κ2) is 4.33. The Morgan fingerprint density at radius 2 is 2.23 bits per heavy atom. The molecule has 0 aromatic carbocycles. The van der Waals surface area contributed by atoms with Gasteiger partial charge in [0.2, 0.25) is 0 Å². The van der Waals surface area contributed by atoms with Crippen LogP contribution >= 0.6 is 11.6 Å². The van der Waals surface area contributed by atoms with Gasteiger partial charge in [0, 0.05) is 13.6 Å². The highest BCUT2D eigenvalue weighted by atomic mass is 35.5. The van der Waals surface area contributed by atoms with Crippen LogP contribution in [0.2, 0.25) is 5.15 Å². The molecule has 3 nitrogen and oxygen atoms in total. The molecule has 0 fully saturated rings. The van der Waals surface area contributed by atoms with Crippen LogP contribution in [0.4, 0.5) is 11.5 Å². The second-order valence-corrected chi connectivity index (χ2v) is 3.36. The number of pyridine rings is 1. The fourth-order valence-electron chi connectivity index (χ4n) is 1.18. The van der Waals surface area contributed by atoms with Gasteiger partial charge in [0.25, 0.3) is 0 Å². The normalized spacial score (nSPS) is 10.1. The average molecular weight is 200 g/mol. The van der Waals surface area contributed by atoms with Crippen molar-refractivity contribution in [1.29, 1.82) is 0 Å². The third kappa shape index (κ3) is 2.49. The number of hydrogen-bond donors (Lipinski definition) is 1.